The van der Waals surface area contributed by atoms with Crippen molar-refractivity contribution in [3.63, 3.8) is 0 Å². The number of nitriles is 1. The predicted octanol–water partition coefficient (Wildman–Crippen LogP) is 1.38. The van der Waals surface area contributed by atoms with E-state index in [-0.39, 0.29) is 5.54 Å². The fraction of sp³-hybridized carbons (Fsp3) is 0.923. The Morgan fingerprint density at radius 1 is 1.35 bits per heavy atom. The Labute approximate surface area is 105 Å². The minimum absolute atomic E-state index is 0.347. The molecule has 4 heteroatoms. The van der Waals surface area contributed by atoms with Crippen molar-refractivity contribution in [2.24, 2.45) is 0 Å². The Balaban J connectivity index is 2.12. The van der Waals surface area contributed by atoms with Crippen LogP contribution in [0.4, 0.5) is 0 Å². The van der Waals surface area contributed by atoms with Gasteiger partial charge in [-0.05, 0) is 39.3 Å². The highest BCUT2D eigenvalue weighted by molar-refractivity contribution is 5.03. The molecule has 4 nitrogen and oxygen atoms in total. The van der Waals surface area contributed by atoms with Crippen LogP contribution < -0.4 is 5.32 Å². The van der Waals surface area contributed by atoms with Gasteiger partial charge in [-0.2, -0.15) is 5.26 Å². The normalized spacial score (nSPS) is 20.8. The largest absolute Gasteiger partial charge is 0.379 e. The van der Waals surface area contributed by atoms with Crippen LogP contribution in [-0.2, 0) is 4.74 Å². The lowest BCUT2D eigenvalue weighted by molar-refractivity contribution is 0.0370. The highest BCUT2D eigenvalue weighted by Crippen LogP contribution is 2.13. The number of rotatable bonds is 7. The first-order chi connectivity index (χ1) is 8.20. The second-order valence-corrected chi connectivity index (χ2v) is 4.89. The SMILES string of the molecule is CCNC(C)(C#N)CCCCN1CCOCC1. The van der Waals surface area contributed by atoms with E-state index in [9.17, 15) is 0 Å². The second-order valence-electron chi connectivity index (χ2n) is 4.89. The van der Waals surface area contributed by atoms with Gasteiger partial charge in [0.1, 0.15) is 5.54 Å². The van der Waals surface area contributed by atoms with E-state index in [0.717, 1.165) is 52.2 Å². The molecule has 0 radical (unpaired) electrons. The standard InChI is InChI=1S/C13H25N3O/c1-3-15-13(2,12-14)6-4-5-7-16-8-10-17-11-9-16/h15H,3-11H2,1-2H3. The van der Waals surface area contributed by atoms with Gasteiger partial charge in [0.25, 0.3) is 0 Å². The Morgan fingerprint density at radius 3 is 2.65 bits per heavy atom. The fourth-order valence-corrected chi connectivity index (χ4v) is 2.21. The lowest BCUT2D eigenvalue weighted by Gasteiger charge is -2.27. The monoisotopic (exact) mass is 239 g/mol. The van der Waals surface area contributed by atoms with Gasteiger partial charge < -0.3 is 4.74 Å². The van der Waals surface area contributed by atoms with Crippen LogP contribution in [0.1, 0.15) is 33.1 Å². The van der Waals surface area contributed by atoms with E-state index in [2.05, 4.69) is 16.3 Å². The highest BCUT2D eigenvalue weighted by atomic mass is 16.5. The lowest BCUT2D eigenvalue weighted by Crippen LogP contribution is -2.41. The van der Waals surface area contributed by atoms with Crippen molar-refractivity contribution in [1.82, 2.24) is 10.2 Å². The molecule has 1 rings (SSSR count). The quantitative estimate of drug-likeness (QED) is 0.682. The minimum atomic E-state index is -0.347. The summed E-state index contributed by atoms with van der Waals surface area (Å²) in [5, 5.41) is 12.4. The number of morpholine rings is 1. The number of nitrogens with zero attached hydrogens (tertiary/aromatic N) is 2. The summed E-state index contributed by atoms with van der Waals surface area (Å²) in [4.78, 5) is 2.44. The molecule has 0 bridgehead atoms. The fourth-order valence-electron chi connectivity index (χ4n) is 2.21. The zero-order valence-corrected chi connectivity index (χ0v) is 11.2. The first kappa shape index (κ1) is 14.4. The van der Waals surface area contributed by atoms with Gasteiger partial charge in [0.05, 0.1) is 19.3 Å². The molecule has 1 aliphatic heterocycles. The van der Waals surface area contributed by atoms with Crippen molar-refractivity contribution in [3.05, 3.63) is 0 Å². The third-order valence-electron chi connectivity index (χ3n) is 3.32. The molecule has 17 heavy (non-hydrogen) atoms. The Kier molecular flexibility index (Phi) is 6.49. The second kappa shape index (κ2) is 7.65. The topological polar surface area (TPSA) is 48.3 Å². The van der Waals surface area contributed by atoms with Crippen LogP contribution in [0.3, 0.4) is 0 Å². The van der Waals surface area contributed by atoms with Gasteiger partial charge in [0, 0.05) is 13.1 Å². The molecule has 1 fully saturated rings. The maximum absolute atomic E-state index is 9.12. The van der Waals surface area contributed by atoms with Gasteiger partial charge in [-0.1, -0.05) is 6.92 Å². The molecule has 1 atom stereocenters. The van der Waals surface area contributed by atoms with Crippen molar-refractivity contribution < 1.29 is 4.74 Å². The first-order valence-electron chi connectivity index (χ1n) is 6.66. The summed E-state index contributed by atoms with van der Waals surface area (Å²) in [6.07, 6.45) is 3.21. The van der Waals surface area contributed by atoms with Gasteiger partial charge in [-0.3, -0.25) is 10.2 Å². The summed E-state index contributed by atoms with van der Waals surface area (Å²) in [7, 11) is 0. The number of nitrogens with one attached hydrogen (secondary N) is 1. The number of hydrogen-bond acceptors (Lipinski definition) is 4. The van der Waals surface area contributed by atoms with Gasteiger partial charge in [0.15, 0.2) is 0 Å². The average molecular weight is 239 g/mol. The summed E-state index contributed by atoms with van der Waals surface area (Å²) < 4.78 is 5.31. The van der Waals surface area contributed by atoms with Crippen LogP contribution in [0.15, 0.2) is 0 Å². The van der Waals surface area contributed by atoms with E-state index in [0.29, 0.717) is 0 Å². The van der Waals surface area contributed by atoms with Crippen molar-refractivity contribution in [2.45, 2.75) is 38.6 Å². The molecule has 1 saturated heterocycles. The van der Waals surface area contributed by atoms with Gasteiger partial charge in [-0.15, -0.1) is 0 Å². The van der Waals surface area contributed by atoms with Crippen LogP contribution in [0.5, 0.6) is 0 Å². The molecule has 0 aliphatic carbocycles. The van der Waals surface area contributed by atoms with Crippen molar-refractivity contribution >= 4 is 0 Å². The van der Waals surface area contributed by atoms with Gasteiger partial charge in [-0.25, -0.2) is 0 Å². The molecule has 0 aromatic carbocycles. The van der Waals surface area contributed by atoms with Crippen molar-refractivity contribution in [1.29, 1.82) is 5.26 Å². The Morgan fingerprint density at radius 2 is 2.06 bits per heavy atom. The highest BCUT2D eigenvalue weighted by Gasteiger charge is 2.21. The van der Waals surface area contributed by atoms with Crippen molar-refractivity contribution in [2.75, 3.05) is 39.4 Å². The summed E-state index contributed by atoms with van der Waals surface area (Å²) >= 11 is 0. The zero-order valence-electron chi connectivity index (χ0n) is 11.2. The Bertz CT molecular complexity index is 246. The lowest BCUT2D eigenvalue weighted by atomic mass is 9.96. The third-order valence-corrected chi connectivity index (χ3v) is 3.32. The van der Waals surface area contributed by atoms with Crippen LogP contribution in [-0.4, -0.2) is 49.8 Å². The number of hydrogen-bond donors (Lipinski definition) is 1. The van der Waals surface area contributed by atoms with E-state index >= 15 is 0 Å². The summed E-state index contributed by atoms with van der Waals surface area (Å²) in [6.45, 7) is 9.88. The maximum atomic E-state index is 9.12. The minimum Gasteiger partial charge on any atom is -0.379 e. The summed E-state index contributed by atoms with van der Waals surface area (Å²) in [5.41, 5.74) is -0.347. The molecule has 0 spiro atoms. The van der Waals surface area contributed by atoms with Crippen LogP contribution >= 0.6 is 0 Å². The zero-order chi connectivity index (χ0) is 12.6. The molecule has 1 N–H and O–H groups in total. The Hall–Kier alpha value is -0.630. The van der Waals surface area contributed by atoms with E-state index in [1.807, 2.05) is 13.8 Å². The number of ether oxygens (including phenoxy) is 1. The molecule has 1 unspecified atom stereocenters. The molecule has 0 aromatic rings. The summed E-state index contributed by atoms with van der Waals surface area (Å²) in [5.74, 6) is 0. The molecule has 1 heterocycles. The molecule has 98 valence electrons. The smallest absolute Gasteiger partial charge is 0.103 e. The van der Waals surface area contributed by atoms with E-state index in [1.165, 1.54) is 6.42 Å². The van der Waals surface area contributed by atoms with Crippen molar-refractivity contribution in [3.8, 4) is 6.07 Å². The van der Waals surface area contributed by atoms with E-state index in [4.69, 9.17) is 10.00 Å². The predicted molar refractivity (Wildman–Crippen MR) is 68.8 cm³/mol. The molecule has 0 saturated carbocycles. The van der Waals surface area contributed by atoms with E-state index < -0.39 is 0 Å². The van der Waals surface area contributed by atoms with Crippen LogP contribution in [0.25, 0.3) is 0 Å². The van der Waals surface area contributed by atoms with E-state index in [1.54, 1.807) is 0 Å². The average Bonchev–Trinajstić information content (AvgIpc) is 2.36. The number of unbranched alkanes of at least 4 members (excludes halogenated alkanes) is 1. The summed E-state index contributed by atoms with van der Waals surface area (Å²) in [6, 6.07) is 2.37. The molecule has 0 aromatic heterocycles. The maximum Gasteiger partial charge on any atom is 0.103 e. The molecular formula is C13H25N3O. The molecule has 1 aliphatic rings. The first-order valence-corrected chi connectivity index (χ1v) is 6.66. The van der Waals surface area contributed by atoms with Gasteiger partial charge >= 0.3 is 0 Å². The van der Waals surface area contributed by atoms with Crippen LogP contribution in [0, 0.1) is 11.3 Å². The van der Waals surface area contributed by atoms with Crippen LogP contribution in [0.2, 0.25) is 0 Å². The van der Waals surface area contributed by atoms with Gasteiger partial charge in [0.2, 0.25) is 0 Å². The molecule has 0 amide bonds. The molecular weight excluding hydrogens is 214 g/mol. The third kappa shape index (κ3) is 5.49.